The molecule has 3 heterocycles. The first-order valence-corrected chi connectivity index (χ1v) is 13.8. The first-order chi connectivity index (χ1) is 18.1. The van der Waals surface area contributed by atoms with Crippen LogP contribution in [0.4, 0.5) is 0 Å². The number of nitrogens with zero attached hydrogens (tertiary/aromatic N) is 5. The quantitative estimate of drug-likeness (QED) is 0.304. The van der Waals surface area contributed by atoms with Gasteiger partial charge in [0.05, 0.1) is 31.8 Å². The van der Waals surface area contributed by atoms with E-state index in [1.54, 1.807) is 31.6 Å². The van der Waals surface area contributed by atoms with Crippen molar-refractivity contribution in [2.75, 3.05) is 14.2 Å². The van der Waals surface area contributed by atoms with Crippen molar-refractivity contribution in [3.8, 4) is 11.5 Å². The molecule has 0 aliphatic heterocycles. The number of hydrogen-bond acceptors (Lipinski definition) is 8. The first kappa shape index (κ1) is 25.4. The molecular weight excluding hydrogens is 488 g/mol. The van der Waals surface area contributed by atoms with Crippen LogP contribution in [0.1, 0.15) is 73.8 Å². The molecular formula is C27H34N6O3S. The van der Waals surface area contributed by atoms with Gasteiger partial charge in [0.15, 0.2) is 17.3 Å². The second kappa shape index (κ2) is 11.4. The van der Waals surface area contributed by atoms with E-state index in [0.717, 1.165) is 30.5 Å². The van der Waals surface area contributed by atoms with Gasteiger partial charge in [-0.25, -0.2) is 4.68 Å². The second-order valence-corrected chi connectivity index (χ2v) is 10.6. The Morgan fingerprint density at radius 2 is 1.92 bits per heavy atom. The van der Waals surface area contributed by atoms with Crippen LogP contribution < -0.4 is 15.0 Å². The van der Waals surface area contributed by atoms with Crippen LogP contribution in [0.5, 0.6) is 11.5 Å². The fraction of sp³-hybridized carbons (Fsp3) is 0.481. The van der Waals surface area contributed by atoms with E-state index in [9.17, 15) is 4.79 Å². The second-order valence-electron chi connectivity index (χ2n) is 9.60. The zero-order chi connectivity index (χ0) is 25.8. The third-order valence-corrected chi connectivity index (χ3v) is 8.16. The Hall–Kier alpha value is -3.24. The topological polar surface area (TPSA) is 98.2 Å². The predicted octanol–water partition coefficient (Wildman–Crippen LogP) is 5.25. The number of H-pyrrole nitrogens is 1. The van der Waals surface area contributed by atoms with Crippen molar-refractivity contribution in [2.24, 2.45) is 0 Å². The number of nitrogens with one attached hydrogen (secondary N) is 1. The summed E-state index contributed by atoms with van der Waals surface area (Å²) < 4.78 is 13.0. The van der Waals surface area contributed by atoms with Gasteiger partial charge in [-0.2, -0.15) is 0 Å². The molecule has 1 aromatic carbocycles. The normalized spacial score (nSPS) is 15.4. The largest absolute Gasteiger partial charge is 0.493 e. The molecule has 5 rings (SSSR count). The van der Waals surface area contributed by atoms with Crippen molar-refractivity contribution in [2.45, 2.75) is 70.6 Å². The average Bonchev–Trinajstić information content (AvgIpc) is 3.62. The highest BCUT2D eigenvalue weighted by Gasteiger charge is 2.29. The lowest BCUT2D eigenvalue weighted by molar-refractivity contribution is 0.157. The molecule has 196 valence electrons. The smallest absolute Gasteiger partial charge is 0.252 e. The zero-order valence-electron chi connectivity index (χ0n) is 21.6. The lowest BCUT2D eigenvalue weighted by Gasteiger charge is -2.31. The number of tetrazole rings is 1. The summed E-state index contributed by atoms with van der Waals surface area (Å²) in [6, 6.07) is 10.2. The highest BCUT2D eigenvalue weighted by molar-refractivity contribution is 7.09. The van der Waals surface area contributed by atoms with E-state index in [2.05, 4.69) is 54.5 Å². The number of fused-ring (bicyclic) bond motifs is 1. The van der Waals surface area contributed by atoms with Gasteiger partial charge in [0.25, 0.3) is 5.56 Å². The summed E-state index contributed by atoms with van der Waals surface area (Å²) in [7, 11) is 3.20. The maximum Gasteiger partial charge on any atom is 0.252 e. The summed E-state index contributed by atoms with van der Waals surface area (Å²) >= 11 is 1.72. The van der Waals surface area contributed by atoms with E-state index in [1.165, 1.54) is 24.1 Å². The summed E-state index contributed by atoms with van der Waals surface area (Å²) in [6.45, 7) is 3.33. The molecule has 1 saturated carbocycles. The Morgan fingerprint density at radius 3 is 2.62 bits per heavy atom. The minimum Gasteiger partial charge on any atom is -0.493 e. The Morgan fingerprint density at radius 1 is 1.14 bits per heavy atom. The van der Waals surface area contributed by atoms with E-state index in [0.29, 0.717) is 41.7 Å². The van der Waals surface area contributed by atoms with Crippen molar-refractivity contribution < 1.29 is 9.47 Å². The number of pyridine rings is 1. The number of thiophene rings is 1. The fourth-order valence-electron chi connectivity index (χ4n) is 5.40. The van der Waals surface area contributed by atoms with E-state index in [-0.39, 0.29) is 11.6 Å². The average molecular weight is 523 g/mol. The van der Waals surface area contributed by atoms with Gasteiger partial charge in [-0.3, -0.25) is 9.69 Å². The van der Waals surface area contributed by atoms with Crippen LogP contribution in [-0.2, 0) is 13.1 Å². The number of benzene rings is 1. The lowest BCUT2D eigenvalue weighted by Crippen LogP contribution is -2.33. The molecule has 37 heavy (non-hydrogen) atoms. The third kappa shape index (κ3) is 5.40. The van der Waals surface area contributed by atoms with Crippen LogP contribution in [0.3, 0.4) is 0 Å². The standard InChI is InChI=1S/C27H34N6O3S/c1-4-23(26-29-30-31-33(26)20-9-6-5-7-10-20)32(17-21-11-8-12-37-21)16-19-13-18-14-24(35-2)25(36-3)15-22(18)28-27(19)34/h8,11-15,20,23H,4-7,9-10,16-17H2,1-3H3,(H,28,34). The molecule has 0 amide bonds. The number of ether oxygens (including phenoxy) is 2. The van der Waals surface area contributed by atoms with Crippen LogP contribution in [0.25, 0.3) is 10.9 Å². The number of aromatic nitrogens is 5. The highest BCUT2D eigenvalue weighted by atomic mass is 32.1. The Balaban J connectivity index is 1.52. The van der Waals surface area contributed by atoms with Crippen molar-refractivity contribution in [3.05, 3.63) is 62.3 Å². The summed E-state index contributed by atoms with van der Waals surface area (Å²) in [5, 5.41) is 16.0. The summed E-state index contributed by atoms with van der Waals surface area (Å²) in [6.07, 6.45) is 6.73. The van der Waals surface area contributed by atoms with Crippen molar-refractivity contribution in [1.29, 1.82) is 0 Å². The zero-order valence-corrected chi connectivity index (χ0v) is 22.5. The van der Waals surface area contributed by atoms with E-state index >= 15 is 0 Å². The van der Waals surface area contributed by atoms with Gasteiger partial charge in [-0.05, 0) is 53.3 Å². The fourth-order valence-corrected chi connectivity index (χ4v) is 6.13. The molecule has 4 aromatic rings. The molecule has 1 N–H and O–H groups in total. The number of hydrogen-bond donors (Lipinski definition) is 1. The molecule has 1 aliphatic rings. The van der Waals surface area contributed by atoms with Crippen LogP contribution in [0.15, 0.2) is 40.5 Å². The molecule has 1 unspecified atom stereocenters. The molecule has 0 spiro atoms. The van der Waals surface area contributed by atoms with Crippen molar-refractivity contribution in [3.63, 3.8) is 0 Å². The van der Waals surface area contributed by atoms with Crippen LogP contribution in [-0.4, -0.2) is 44.3 Å². The molecule has 1 fully saturated rings. The van der Waals surface area contributed by atoms with Crippen LogP contribution >= 0.6 is 11.3 Å². The monoisotopic (exact) mass is 522 g/mol. The Labute approximate surface area is 220 Å². The first-order valence-electron chi connectivity index (χ1n) is 12.9. The van der Waals surface area contributed by atoms with Gasteiger partial charge < -0.3 is 14.5 Å². The maximum absolute atomic E-state index is 13.2. The molecule has 3 aromatic heterocycles. The molecule has 1 aliphatic carbocycles. The summed E-state index contributed by atoms with van der Waals surface area (Å²) in [5.74, 6) is 2.09. The summed E-state index contributed by atoms with van der Waals surface area (Å²) in [5.41, 5.74) is 1.29. The van der Waals surface area contributed by atoms with Crippen molar-refractivity contribution in [1.82, 2.24) is 30.1 Å². The van der Waals surface area contributed by atoms with E-state index < -0.39 is 0 Å². The minimum atomic E-state index is -0.113. The molecule has 0 saturated heterocycles. The number of methoxy groups -OCH3 is 2. The SMILES string of the molecule is CCC(c1nnnn1C1CCCCC1)N(Cc1cccs1)Cc1cc2cc(OC)c(OC)cc2[nH]c1=O. The van der Waals surface area contributed by atoms with Gasteiger partial charge in [-0.15, -0.1) is 16.4 Å². The van der Waals surface area contributed by atoms with Gasteiger partial charge in [0, 0.05) is 35.0 Å². The van der Waals surface area contributed by atoms with Gasteiger partial charge in [0.1, 0.15) is 0 Å². The molecule has 9 nitrogen and oxygen atoms in total. The van der Waals surface area contributed by atoms with Crippen LogP contribution in [0.2, 0.25) is 0 Å². The summed E-state index contributed by atoms with van der Waals surface area (Å²) in [4.78, 5) is 19.8. The van der Waals surface area contributed by atoms with Gasteiger partial charge in [-0.1, -0.05) is 32.3 Å². The highest BCUT2D eigenvalue weighted by Crippen LogP contribution is 2.34. The lowest BCUT2D eigenvalue weighted by atomic mass is 9.95. The predicted molar refractivity (Wildman–Crippen MR) is 144 cm³/mol. The van der Waals surface area contributed by atoms with Gasteiger partial charge in [0.2, 0.25) is 0 Å². The van der Waals surface area contributed by atoms with Gasteiger partial charge >= 0.3 is 0 Å². The van der Waals surface area contributed by atoms with E-state index in [4.69, 9.17) is 9.47 Å². The Kier molecular flexibility index (Phi) is 7.85. The molecule has 1 atom stereocenters. The van der Waals surface area contributed by atoms with Crippen LogP contribution in [0, 0.1) is 0 Å². The number of rotatable bonds is 10. The molecule has 10 heteroatoms. The third-order valence-electron chi connectivity index (χ3n) is 7.30. The number of aromatic amines is 1. The molecule has 0 radical (unpaired) electrons. The van der Waals surface area contributed by atoms with E-state index in [1.807, 2.05) is 12.1 Å². The maximum atomic E-state index is 13.2. The minimum absolute atomic E-state index is 0.0282. The Bertz CT molecular complexity index is 1380. The van der Waals surface area contributed by atoms with Crippen molar-refractivity contribution >= 4 is 22.2 Å². The molecule has 0 bridgehead atoms.